The average molecular weight is 290 g/mol. The number of carboxylic acids is 1. The molecule has 0 radical (unpaired) electrons. The third-order valence-corrected chi connectivity index (χ3v) is 3.75. The molecule has 1 aromatic rings. The Labute approximate surface area is 125 Å². The molecule has 1 N–H and O–H groups in total. The molecule has 0 saturated carbocycles. The predicted octanol–water partition coefficient (Wildman–Crippen LogP) is 3.08. The zero-order chi connectivity index (χ0) is 15.9. The Bertz CT molecular complexity index is 507. The van der Waals surface area contributed by atoms with Gasteiger partial charge in [0.25, 0.3) is 0 Å². The first-order valence-corrected chi connectivity index (χ1v) is 6.97. The van der Waals surface area contributed by atoms with Gasteiger partial charge in [-0.15, -0.1) is 0 Å². The highest BCUT2D eigenvalue weighted by molar-refractivity contribution is 5.84. The van der Waals surface area contributed by atoms with Gasteiger partial charge in [-0.3, -0.25) is 9.59 Å². The van der Waals surface area contributed by atoms with Gasteiger partial charge in [-0.1, -0.05) is 49.4 Å². The fourth-order valence-corrected chi connectivity index (χ4v) is 2.08. The molecule has 0 heterocycles. The predicted molar refractivity (Wildman–Crippen MR) is 80.8 cm³/mol. The van der Waals surface area contributed by atoms with E-state index in [2.05, 4.69) is 0 Å². The number of rotatable bonds is 7. The van der Waals surface area contributed by atoms with Gasteiger partial charge in [0.1, 0.15) is 6.61 Å². The lowest BCUT2D eigenvalue weighted by molar-refractivity contribution is -0.164. The summed E-state index contributed by atoms with van der Waals surface area (Å²) in [6.07, 6.45) is 3.82. The zero-order valence-electron chi connectivity index (χ0n) is 12.7. The highest BCUT2D eigenvalue weighted by Crippen LogP contribution is 2.33. The van der Waals surface area contributed by atoms with Gasteiger partial charge in [-0.05, 0) is 25.8 Å². The second kappa shape index (κ2) is 7.62. The summed E-state index contributed by atoms with van der Waals surface area (Å²) < 4.78 is 5.20. The maximum atomic E-state index is 12.4. The molecule has 0 aliphatic carbocycles. The summed E-state index contributed by atoms with van der Waals surface area (Å²) in [5, 5.41) is 9.29. The summed E-state index contributed by atoms with van der Waals surface area (Å²) >= 11 is 0. The summed E-state index contributed by atoms with van der Waals surface area (Å²) in [5.74, 6) is -2.33. The van der Waals surface area contributed by atoms with Crippen LogP contribution in [0.25, 0.3) is 0 Å². The van der Waals surface area contributed by atoms with Crippen LogP contribution >= 0.6 is 0 Å². The number of carboxylic acid groups (broad SMARTS) is 1. The molecule has 0 aromatic heterocycles. The number of esters is 1. The molecule has 0 spiro atoms. The normalized spacial score (nSPS) is 15.4. The van der Waals surface area contributed by atoms with Crippen LogP contribution in [0, 0.1) is 11.3 Å². The lowest BCUT2D eigenvalue weighted by Crippen LogP contribution is -2.41. The van der Waals surface area contributed by atoms with Crippen LogP contribution in [0.4, 0.5) is 0 Å². The van der Waals surface area contributed by atoms with Crippen LogP contribution in [0.2, 0.25) is 0 Å². The largest absolute Gasteiger partial charge is 0.481 e. The summed E-state index contributed by atoms with van der Waals surface area (Å²) in [5.41, 5.74) is -0.189. The number of allylic oxidation sites excluding steroid dienone is 1. The standard InChI is InChI=1S/C17H22O4/c1-4-5-11-21-16(20)17(3,13(2)15(18)19)12-14-9-7-6-8-10-14/h4-10,13H,11-12H2,1-3H3,(H,18,19). The van der Waals surface area contributed by atoms with Crippen LogP contribution < -0.4 is 0 Å². The molecule has 0 saturated heterocycles. The SMILES string of the molecule is CC=CCOC(=O)C(C)(Cc1ccccc1)C(C)C(=O)O. The van der Waals surface area contributed by atoms with Crippen molar-refractivity contribution in [2.75, 3.05) is 6.61 Å². The average Bonchev–Trinajstić information content (AvgIpc) is 2.47. The molecule has 2 unspecified atom stereocenters. The highest BCUT2D eigenvalue weighted by atomic mass is 16.5. The number of hydrogen-bond donors (Lipinski definition) is 1. The minimum absolute atomic E-state index is 0.159. The number of hydrogen-bond acceptors (Lipinski definition) is 3. The monoisotopic (exact) mass is 290 g/mol. The summed E-state index contributed by atoms with van der Waals surface area (Å²) in [7, 11) is 0. The minimum Gasteiger partial charge on any atom is -0.481 e. The van der Waals surface area contributed by atoms with E-state index >= 15 is 0 Å². The lowest BCUT2D eigenvalue weighted by atomic mass is 9.73. The van der Waals surface area contributed by atoms with Crippen LogP contribution in [-0.4, -0.2) is 23.7 Å². The van der Waals surface area contributed by atoms with Gasteiger partial charge in [-0.2, -0.15) is 0 Å². The number of aliphatic carboxylic acids is 1. The number of benzene rings is 1. The van der Waals surface area contributed by atoms with Gasteiger partial charge in [0.2, 0.25) is 0 Å². The Kier molecular flexibility index (Phi) is 6.15. The fraction of sp³-hybridized carbons (Fsp3) is 0.412. The molecule has 2 atom stereocenters. The Balaban J connectivity index is 2.99. The van der Waals surface area contributed by atoms with E-state index in [9.17, 15) is 14.7 Å². The van der Waals surface area contributed by atoms with E-state index < -0.39 is 23.3 Å². The van der Waals surface area contributed by atoms with E-state index in [1.165, 1.54) is 0 Å². The molecule has 114 valence electrons. The molecule has 21 heavy (non-hydrogen) atoms. The van der Waals surface area contributed by atoms with Crippen LogP contribution in [0.3, 0.4) is 0 Å². The van der Waals surface area contributed by atoms with E-state index in [-0.39, 0.29) is 6.61 Å². The van der Waals surface area contributed by atoms with Gasteiger partial charge < -0.3 is 9.84 Å². The quantitative estimate of drug-likeness (QED) is 0.619. The fourth-order valence-electron chi connectivity index (χ4n) is 2.08. The van der Waals surface area contributed by atoms with Gasteiger partial charge in [0, 0.05) is 0 Å². The molecule has 0 aliphatic heterocycles. The summed E-state index contributed by atoms with van der Waals surface area (Å²) in [4.78, 5) is 23.7. The molecule has 0 amide bonds. The third kappa shape index (κ3) is 4.45. The lowest BCUT2D eigenvalue weighted by Gasteiger charge is -2.31. The molecule has 1 aromatic carbocycles. The van der Waals surface area contributed by atoms with Gasteiger partial charge >= 0.3 is 11.9 Å². The van der Waals surface area contributed by atoms with E-state index in [4.69, 9.17) is 4.74 Å². The van der Waals surface area contributed by atoms with Gasteiger partial charge in [0.15, 0.2) is 0 Å². The van der Waals surface area contributed by atoms with Crippen molar-refractivity contribution in [1.82, 2.24) is 0 Å². The van der Waals surface area contributed by atoms with Crippen LogP contribution in [0.1, 0.15) is 26.3 Å². The first kappa shape index (κ1) is 17.0. The molecule has 0 bridgehead atoms. The molecule has 4 nitrogen and oxygen atoms in total. The van der Waals surface area contributed by atoms with Crippen LogP contribution in [-0.2, 0) is 20.7 Å². The third-order valence-electron chi connectivity index (χ3n) is 3.75. The molecule has 0 fully saturated rings. The molecular formula is C17H22O4. The second-order valence-corrected chi connectivity index (χ2v) is 5.31. The Morgan fingerprint density at radius 1 is 1.33 bits per heavy atom. The van der Waals surface area contributed by atoms with Gasteiger partial charge in [-0.25, -0.2) is 0 Å². The molecular weight excluding hydrogens is 268 g/mol. The van der Waals surface area contributed by atoms with Crippen molar-refractivity contribution in [2.45, 2.75) is 27.2 Å². The number of carbonyl (C=O) groups excluding carboxylic acids is 1. The summed E-state index contributed by atoms with van der Waals surface area (Å²) in [6.45, 7) is 5.18. The molecule has 1 rings (SSSR count). The first-order chi connectivity index (χ1) is 9.91. The summed E-state index contributed by atoms with van der Waals surface area (Å²) in [6, 6.07) is 9.38. The van der Waals surface area contributed by atoms with Crippen molar-refractivity contribution in [1.29, 1.82) is 0 Å². The van der Waals surface area contributed by atoms with Crippen LogP contribution in [0.5, 0.6) is 0 Å². The van der Waals surface area contributed by atoms with Crippen molar-refractivity contribution >= 4 is 11.9 Å². The molecule has 4 heteroatoms. The minimum atomic E-state index is -1.10. The van der Waals surface area contributed by atoms with Crippen molar-refractivity contribution in [3.05, 3.63) is 48.0 Å². The maximum Gasteiger partial charge on any atom is 0.313 e. The van der Waals surface area contributed by atoms with Crippen LogP contribution in [0.15, 0.2) is 42.5 Å². The van der Waals surface area contributed by atoms with Crippen molar-refractivity contribution in [2.24, 2.45) is 11.3 Å². The van der Waals surface area contributed by atoms with E-state index in [1.54, 1.807) is 26.0 Å². The molecule has 0 aliphatic rings. The smallest absolute Gasteiger partial charge is 0.313 e. The second-order valence-electron chi connectivity index (χ2n) is 5.31. The topological polar surface area (TPSA) is 63.6 Å². The van der Waals surface area contributed by atoms with Crippen molar-refractivity contribution in [3.63, 3.8) is 0 Å². The van der Waals surface area contributed by atoms with Gasteiger partial charge in [0.05, 0.1) is 11.3 Å². The Morgan fingerprint density at radius 2 is 1.95 bits per heavy atom. The first-order valence-electron chi connectivity index (χ1n) is 6.97. The number of ether oxygens (including phenoxy) is 1. The highest BCUT2D eigenvalue weighted by Gasteiger charge is 2.44. The van der Waals surface area contributed by atoms with E-state index in [0.717, 1.165) is 5.56 Å². The zero-order valence-corrected chi connectivity index (χ0v) is 12.7. The maximum absolute atomic E-state index is 12.4. The Hall–Kier alpha value is -2.10. The van der Waals surface area contributed by atoms with E-state index in [0.29, 0.717) is 6.42 Å². The van der Waals surface area contributed by atoms with Crippen molar-refractivity contribution in [3.8, 4) is 0 Å². The Morgan fingerprint density at radius 3 is 2.48 bits per heavy atom. The van der Waals surface area contributed by atoms with Crippen molar-refractivity contribution < 1.29 is 19.4 Å². The van der Waals surface area contributed by atoms with E-state index in [1.807, 2.05) is 37.3 Å². The number of carbonyl (C=O) groups is 2.